The Morgan fingerprint density at radius 3 is 2.45 bits per heavy atom. The lowest BCUT2D eigenvalue weighted by Gasteiger charge is -2.27. The van der Waals surface area contributed by atoms with E-state index in [1.54, 1.807) is 6.33 Å². The highest BCUT2D eigenvalue weighted by Crippen LogP contribution is 2.26. The highest BCUT2D eigenvalue weighted by molar-refractivity contribution is 5.86. The van der Waals surface area contributed by atoms with E-state index in [2.05, 4.69) is 60.2 Å². The molecular formula is C20H31Cl3N8. The maximum Gasteiger partial charge on any atom is 0.204 e. The Morgan fingerprint density at radius 1 is 0.968 bits per heavy atom. The van der Waals surface area contributed by atoms with Gasteiger partial charge in [-0.05, 0) is 31.2 Å². The molecule has 1 saturated carbocycles. The van der Waals surface area contributed by atoms with E-state index in [1.165, 1.54) is 5.56 Å². The van der Waals surface area contributed by atoms with Gasteiger partial charge in [0.25, 0.3) is 0 Å². The third-order valence-corrected chi connectivity index (χ3v) is 5.16. The molecule has 8 nitrogen and oxygen atoms in total. The van der Waals surface area contributed by atoms with Crippen molar-refractivity contribution in [3.05, 3.63) is 42.2 Å². The molecule has 0 bridgehead atoms. The molecule has 0 unspecified atom stereocenters. The highest BCUT2D eigenvalue weighted by Gasteiger charge is 2.21. The SMILES string of the molecule is Cl.Cl.Cl.NC1CCC(Nc2nc3ncnc-3c(NCCNCc3ccccc3)[nH]2)CC1. The Morgan fingerprint density at radius 2 is 1.71 bits per heavy atom. The van der Waals surface area contributed by atoms with Crippen LogP contribution in [0, 0.1) is 0 Å². The molecule has 0 radical (unpaired) electrons. The zero-order valence-electron chi connectivity index (χ0n) is 17.2. The van der Waals surface area contributed by atoms with Crippen LogP contribution in [-0.2, 0) is 6.54 Å². The van der Waals surface area contributed by atoms with Crippen molar-refractivity contribution < 1.29 is 0 Å². The number of fused-ring (bicyclic) bond motifs is 1. The molecule has 172 valence electrons. The van der Waals surface area contributed by atoms with Crippen molar-refractivity contribution in [2.45, 2.75) is 44.3 Å². The van der Waals surface area contributed by atoms with Gasteiger partial charge in [-0.3, -0.25) is 0 Å². The average molecular weight is 490 g/mol. The standard InChI is InChI=1S/C20H28N8.3ClH/c21-15-6-8-16(9-7-15)26-20-27-18(17-19(28-20)25-13-24-17)23-11-10-22-12-14-4-2-1-3-5-14;;;/h1-5,13,15-16,22H,6-12,21H2,(H3,23,24,25,26,27,28);3*1H. The van der Waals surface area contributed by atoms with Crippen molar-refractivity contribution in [1.29, 1.82) is 0 Å². The summed E-state index contributed by atoms with van der Waals surface area (Å²) in [6.07, 6.45) is 5.78. The number of halogens is 3. The molecule has 1 fully saturated rings. The molecule has 0 saturated heterocycles. The fourth-order valence-corrected chi connectivity index (χ4v) is 3.59. The minimum atomic E-state index is 0. The van der Waals surface area contributed by atoms with E-state index < -0.39 is 0 Å². The van der Waals surface area contributed by atoms with Crippen LogP contribution in [0.2, 0.25) is 0 Å². The summed E-state index contributed by atoms with van der Waals surface area (Å²) in [7, 11) is 0. The first-order valence-electron chi connectivity index (χ1n) is 9.99. The molecule has 0 spiro atoms. The number of imidazole rings is 1. The first-order valence-corrected chi connectivity index (χ1v) is 9.99. The Hall–Kier alpha value is -1.84. The molecule has 0 atom stereocenters. The number of hydrogen-bond acceptors (Lipinski definition) is 7. The number of nitrogens with two attached hydrogens (primary N) is 1. The van der Waals surface area contributed by atoms with Gasteiger partial charge in [0.1, 0.15) is 17.8 Å². The topological polar surface area (TPSA) is 117 Å². The Bertz CT molecular complexity index is 840. The molecule has 3 aliphatic rings. The number of benzene rings is 1. The van der Waals surface area contributed by atoms with Gasteiger partial charge in [-0.15, -0.1) is 37.2 Å². The minimum Gasteiger partial charge on any atom is -0.368 e. The predicted molar refractivity (Wildman–Crippen MR) is 133 cm³/mol. The fraction of sp³-hybridized carbons (Fsp3) is 0.450. The van der Waals surface area contributed by atoms with Crippen molar-refractivity contribution in [2.75, 3.05) is 23.7 Å². The molecule has 6 N–H and O–H groups in total. The zero-order chi connectivity index (χ0) is 19.2. The van der Waals surface area contributed by atoms with Gasteiger partial charge in [-0.2, -0.15) is 4.98 Å². The fourth-order valence-electron chi connectivity index (χ4n) is 3.59. The lowest BCUT2D eigenvalue weighted by molar-refractivity contribution is 0.410. The monoisotopic (exact) mass is 488 g/mol. The molecule has 0 aromatic heterocycles. The number of nitrogens with one attached hydrogen (secondary N) is 4. The second kappa shape index (κ2) is 13.5. The Labute approximate surface area is 201 Å². The number of hydrogen-bond donors (Lipinski definition) is 5. The molecule has 4 rings (SSSR count). The molecule has 2 heterocycles. The van der Waals surface area contributed by atoms with Crippen LogP contribution in [0.15, 0.2) is 36.7 Å². The van der Waals surface area contributed by atoms with Gasteiger partial charge >= 0.3 is 0 Å². The third-order valence-electron chi connectivity index (χ3n) is 5.16. The third kappa shape index (κ3) is 7.66. The summed E-state index contributed by atoms with van der Waals surface area (Å²) in [5, 5.41) is 10.4. The zero-order valence-corrected chi connectivity index (χ0v) is 19.7. The molecule has 0 amide bonds. The van der Waals surface area contributed by atoms with E-state index in [-0.39, 0.29) is 37.2 Å². The van der Waals surface area contributed by atoms with Crippen LogP contribution in [0.4, 0.5) is 11.8 Å². The van der Waals surface area contributed by atoms with Gasteiger partial charge in [-0.25, -0.2) is 9.97 Å². The van der Waals surface area contributed by atoms with E-state index in [9.17, 15) is 0 Å². The molecule has 2 aliphatic heterocycles. The van der Waals surface area contributed by atoms with Crippen LogP contribution in [0.5, 0.6) is 0 Å². The van der Waals surface area contributed by atoms with Crippen molar-refractivity contribution in [3.63, 3.8) is 0 Å². The molecular weight excluding hydrogens is 459 g/mol. The van der Waals surface area contributed by atoms with Gasteiger partial charge in [0.15, 0.2) is 5.82 Å². The van der Waals surface area contributed by atoms with Crippen LogP contribution in [0.25, 0.3) is 11.5 Å². The quantitative estimate of drug-likeness (QED) is 0.308. The lowest BCUT2D eigenvalue weighted by Crippen LogP contribution is -2.33. The summed E-state index contributed by atoms with van der Waals surface area (Å²) < 4.78 is 0. The maximum absolute atomic E-state index is 6.01. The van der Waals surface area contributed by atoms with Gasteiger partial charge in [0, 0.05) is 31.7 Å². The van der Waals surface area contributed by atoms with Crippen molar-refractivity contribution in [2.24, 2.45) is 5.73 Å². The predicted octanol–water partition coefficient (Wildman–Crippen LogP) is 3.45. The number of anilines is 2. The normalized spacial score (nSPS) is 17.7. The summed E-state index contributed by atoms with van der Waals surface area (Å²) in [5.41, 5.74) is 8.05. The minimum absolute atomic E-state index is 0. The largest absolute Gasteiger partial charge is 0.368 e. The highest BCUT2D eigenvalue weighted by atomic mass is 35.5. The van der Waals surface area contributed by atoms with Crippen molar-refractivity contribution >= 4 is 49.0 Å². The van der Waals surface area contributed by atoms with Gasteiger partial charge < -0.3 is 26.7 Å². The Balaban J connectivity index is 0.00000160. The van der Waals surface area contributed by atoms with Crippen LogP contribution in [-0.4, -0.2) is 45.1 Å². The Kier molecular flexibility index (Phi) is 11.9. The maximum atomic E-state index is 6.01. The summed E-state index contributed by atoms with van der Waals surface area (Å²) in [6, 6.07) is 11.1. The van der Waals surface area contributed by atoms with Crippen LogP contribution < -0.4 is 21.7 Å². The van der Waals surface area contributed by atoms with Gasteiger partial charge in [0.05, 0.1) is 0 Å². The average Bonchev–Trinajstić information content (AvgIpc) is 3.19. The van der Waals surface area contributed by atoms with E-state index in [4.69, 9.17) is 5.73 Å². The van der Waals surface area contributed by atoms with Crippen LogP contribution in [0.1, 0.15) is 31.2 Å². The second-order valence-corrected chi connectivity index (χ2v) is 7.35. The van der Waals surface area contributed by atoms with Crippen molar-refractivity contribution in [3.8, 4) is 11.5 Å². The van der Waals surface area contributed by atoms with E-state index in [0.717, 1.165) is 62.8 Å². The van der Waals surface area contributed by atoms with E-state index in [0.29, 0.717) is 17.9 Å². The first-order chi connectivity index (χ1) is 13.8. The summed E-state index contributed by atoms with van der Waals surface area (Å²) in [4.78, 5) is 16.5. The molecule has 1 aliphatic carbocycles. The second-order valence-electron chi connectivity index (χ2n) is 7.35. The summed E-state index contributed by atoms with van der Waals surface area (Å²) in [6.45, 7) is 2.46. The number of aromatic nitrogens is 4. The van der Waals surface area contributed by atoms with Gasteiger partial charge in [0.2, 0.25) is 5.95 Å². The first kappa shape index (κ1) is 27.2. The van der Waals surface area contributed by atoms with Crippen LogP contribution in [0.3, 0.4) is 0 Å². The van der Waals surface area contributed by atoms with Crippen LogP contribution >= 0.6 is 37.2 Å². The molecule has 11 heteroatoms. The number of aromatic amines is 1. The lowest BCUT2D eigenvalue weighted by atomic mass is 9.92. The summed E-state index contributed by atoms with van der Waals surface area (Å²) >= 11 is 0. The summed E-state index contributed by atoms with van der Waals surface area (Å²) in [5.74, 6) is 2.22. The molecule has 1 aromatic rings. The van der Waals surface area contributed by atoms with Crippen molar-refractivity contribution in [1.82, 2.24) is 25.3 Å². The molecule has 1 aromatic carbocycles. The molecule has 31 heavy (non-hydrogen) atoms. The van der Waals surface area contributed by atoms with Gasteiger partial charge in [-0.1, -0.05) is 30.3 Å². The smallest absolute Gasteiger partial charge is 0.204 e. The number of rotatable bonds is 8. The van der Waals surface area contributed by atoms with E-state index in [1.807, 2.05) is 6.07 Å². The van der Waals surface area contributed by atoms with E-state index >= 15 is 0 Å². The number of nitrogens with zero attached hydrogens (tertiary/aromatic N) is 3. The number of H-pyrrole nitrogens is 1.